The van der Waals surface area contributed by atoms with Gasteiger partial charge in [-0.1, -0.05) is 115 Å². The molecule has 15 heteroatoms. The van der Waals surface area contributed by atoms with Gasteiger partial charge in [-0.15, -0.1) is 23.5 Å². The van der Waals surface area contributed by atoms with Crippen LogP contribution in [0.1, 0.15) is 40.9 Å². The van der Waals surface area contributed by atoms with Crippen molar-refractivity contribution in [3.05, 3.63) is 197 Å². The van der Waals surface area contributed by atoms with Crippen LogP contribution < -0.4 is 20.7 Å². The van der Waals surface area contributed by atoms with E-state index in [2.05, 4.69) is 16.0 Å². The molecule has 7 rings (SSSR count). The number of nitrogens with one attached hydrogen (secondary N) is 3. The Hall–Kier alpha value is -6.88. The van der Waals surface area contributed by atoms with E-state index in [1.54, 1.807) is 18.2 Å². The first-order chi connectivity index (χ1) is 33.8. The Kier molecular flexibility index (Phi) is 17.6. The third-order valence-electron chi connectivity index (χ3n) is 11.5. The summed E-state index contributed by atoms with van der Waals surface area (Å²) in [5, 5.41) is 32.3. The van der Waals surface area contributed by atoms with Gasteiger partial charge in [-0.3, -0.25) is 14.4 Å². The fourth-order valence-electron chi connectivity index (χ4n) is 7.79. The number of ether oxygens (including phenoxy) is 4. The van der Waals surface area contributed by atoms with E-state index in [1.165, 1.54) is 43.6 Å². The fraction of sp³-hybridized carbons (Fsp3) is 0.236. The molecule has 13 nitrogen and oxygen atoms in total. The number of benzene rings is 6. The highest BCUT2D eigenvalue weighted by atomic mass is 32.2. The number of fused-ring (bicyclic) bond motifs is 1. The Bertz CT molecular complexity index is 2830. The van der Waals surface area contributed by atoms with Crippen LogP contribution in [0.2, 0.25) is 0 Å². The lowest BCUT2D eigenvalue weighted by Crippen LogP contribution is -2.54. The number of methoxy groups -OCH3 is 1. The molecule has 70 heavy (non-hydrogen) atoms. The van der Waals surface area contributed by atoms with E-state index in [-0.39, 0.29) is 30.2 Å². The summed E-state index contributed by atoms with van der Waals surface area (Å²) in [6, 6.07) is 46.0. The molecular weight excluding hydrogens is 927 g/mol. The van der Waals surface area contributed by atoms with Crippen molar-refractivity contribution in [3.63, 3.8) is 0 Å². The van der Waals surface area contributed by atoms with Gasteiger partial charge in [0.2, 0.25) is 6.10 Å². The Balaban J connectivity index is 1.34. The number of thioether (sulfide) groups is 2. The Labute approximate surface area is 415 Å². The number of esters is 1. The number of rotatable bonds is 21. The molecule has 0 aromatic heterocycles. The van der Waals surface area contributed by atoms with E-state index < -0.39 is 64.9 Å². The van der Waals surface area contributed by atoms with Gasteiger partial charge in [-0.25, -0.2) is 4.79 Å². The SMILES string of the molecule is COc1cc(C(=O)O[C@H](C(=O)N/C(C(=O)N/C(=C\O)C(C)=O)=C2/N[C@@H](CSc3ccccc3)[C@@H](OCc3ccccc3)[C@@H]2OCc2ccccc2)[C@@](C)(O)CSc2ccccc2)c2cccc(C)c2c1. The molecule has 6 aromatic rings. The molecule has 1 fully saturated rings. The minimum absolute atomic E-state index is 0.0537. The summed E-state index contributed by atoms with van der Waals surface area (Å²) in [5.41, 5.74) is -0.329. The number of carbonyl (C=O) groups excluding carboxylic acids is 4. The topological polar surface area (TPSA) is 182 Å². The maximum atomic E-state index is 15.2. The van der Waals surface area contributed by atoms with Crippen LogP contribution in [0.5, 0.6) is 5.75 Å². The molecule has 1 heterocycles. The van der Waals surface area contributed by atoms with Crippen LogP contribution in [0, 0.1) is 6.92 Å². The minimum Gasteiger partial charge on any atom is -0.513 e. The number of allylic oxidation sites excluding steroid dienone is 1. The molecule has 1 saturated heterocycles. The van der Waals surface area contributed by atoms with Crippen LogP contribution in [0.4, 0.5) is 0 Å². The van der Waals surface area contributed by atoms with Gasteiger partial charge in [-0.2, -0.15) is 0 Å². The monoisotopic (exact) mass is 981 g/mol. The van der Waals surface area contributed by atoms with Gasteiger partial charge in [-0.05, 0) is 77.7 Å². The number of carbonyl (C=O) groups is 4. The van der Waals surface area contributed by atoms with E-state index in [1.807, 2.05) is 134 Å². The summed E-state index contributed by atoms with van der Waals surface area (Å²) in [4.78, 5) is 59.0. The molecule has 0 saturated carbocycles. The zero-order valence-electron chi connectivity index (χ0n) is 39.1. The highest BCUT2D eigenvalue weighted by molar-refractivity contribution is 7.99. The maximum Gasteiger partial charge on any atom is 0.339 e. The van der Waals surface area contributed by atoms with Crippen molar-refractivity contribution in [2.75, 3.05) is 18.6 Å². The zero-order chi connectivity index (χ0) is 49.6. The molecule has 5 N–H and O–H groups in total. The number of aliphatic hydroxyl groups excluding tert-OH is 1. The van der Waals surface area contributed by atoms with Gasteiger partial charge in [0.15, 0.2) is 5.78 Å². The van der Waals surface area contributed by atoms with E-state index in [4.69, 9.17) is 18.9 Å². The minimum atomic E-state index is -2.09. The second kappa shape index (κ2) is 24.1. The standard InChI is InChI=1S/C55H55N3O10S2/c1-35-18-17-27-42-43(35)28-39(65-4)29-44(42)54(63)68-51(55(3,64)34-70-41-25-15-8-16-26-41)53(62)58-48(52(61)57-45(30-59)36(2)60)47-50(67-32-38-21-11-6-12-22-38)49(66-31-37-19-9-5-10-20-37)46(56-47)33-69-40-23-13-7-14-24-40/h5-30,46,49-51,56,59,64H,31-34H2,1-4H3,(H,57,61)(H,58,62)/b45-30-,48-47+/t46-,49+,50+,51+,55-/m0/s1. The van der Waals surface area contributed by atoms with Gasteiger partial charge >= 0.3 is 5.97 Å². The lowest BCUT2D eigenvalue weighted by molar-refractivity contribution is -0.142. The molecule has 6 aromatic carbocycles. The van der Waals surface area contributed by atoms with Gasteiger partial charge in [0, 0.05) is 28.2 Å². The molecule has 1 aliphatic heterocycles. The summed E-state index contributed by atoms with van der Waals surface area (Å²) in [6.07, 6.45) is -3.38. The third kappa shape index (κ3) is 13.0. The van der Waals surface area contributed by atoms with Crippen LogP contribution in [0.15, 0.2) is 185 Å². The number of hydrogen-bond donors (Lipinski definition) is 5. The molecule has 0 radical (unpaired) electrons. The highest BCUT2D eigenvalue weighted by Crippen LogP contribution is 2.34. The largest absolute Gasteiger partial charge is 0.513 e. The maximum absolute atomic E-state index is 15.2. The van der Waals surface area contributed by atoms with E-state index >= 15 is 4.79 Å². The van der Waals surface area contributed by atoms with Crippen molar-refractivity contribution in [2.45, 2.75) is 73.7 Å². The Morgan fingerprint density at radius 3 is 1.93 bits per heavy atom. The number of aryl methyl sites for hydroxylation is 1. The number of ketones is 1. The van der Waals surface area contributed by atoms with E-state index in [9.17, 15) is 24.6 Å². The number of hydrogen-bond acceptors (Lipinski definition) is 13. The van der Waals surface area contributed by atoms with Crippen LogP contribution >= 0.6 is 23.5 Å². The molecule has 0 bridgehead atoms. The smallest absolute Gasteiger partial charge is 0.339 e. The first kappa shape index (κ1) is 51.0. The van der Waals surface area contributed by atoms with Gasteiger partial charge in [0.25, 0.3) is 11.8 Å². The Morgan fingerprint density at radius 2 is 1.34 bits per heavy atom. The normalized spacial score (nSPS) is 17.7. The highest BCUT2D eigenvalue weighted by Gasteiger charge is 2.47. The summed E-state index contributed by atoms with van der Waals surface area (Å²) >= 11 is 2.77. The Morgan fingerprint density at radius 1 is 0.757 bits per heavy atom. The fourth-order valence-corrected chi connectivity index (χ4v) is 9.74. The predicted molar refractivity (Wildman–Crippen MR) is 271 cm³/mol. The molecule has 362 valence electrons. The number of Topliss-reactive ketones (excluding diaryl/α,β-unsaturated/α-hetero) is 1. The predicted octanol–water partition coefficient (Wildman–Crippen LogP) is 8.59. The van der Waals surface area contributed by atoms with Gasteiger partial charge < -0.3 is 45.1 Å². The molecule has 2 amide bonds. The third-order valence-corrected chi connectivity index (χ3v) is 14.0. The zero-order valence-corrected chi connectivity index (χ0v) is 40.8. The summed E-state index contributed by atoms with van der Waals surface area (Å²) in [6.45, 7) is 4.62. The first-order valence-corrected chi connectivity index (χ1v) is 24.5. The second-order valence-electron chi connectivity index (χ2n) is 16.8. The molecule has 0 aliphatic carbocycles. The van der Waals surface area contributed by atoms with Crippen LogP contribution in [-0.2, 0) is 41.8 Å². The van der Waals surface area contributed by atoms with E-state index in [0.717, 1.165) is 33.4 Å². The van der Waals surface area contributed by atoms with Gasteiger partial charge in [0.1, 0.15) is 41.2 Å². The van der Waals surface area contributed by atoms with Gasteiger partial charge in [0.05, 0.1) is 37.6 Å². The summed E-state index contributed by atoms with van der Waals surface area (Å²) < 4.78 is 25.1. The van der Waals surface area contributed by atoms with Crippen molar-refractivity contribution in [1.82, 2.24) is 16.0 Å². The lowest BCUT2D eigenvalue weighted by Gasteiger charge is -2.32. The van der Waals surface area contributed by atoms with Crippen molar-refractivity contribution in [1.29, 1.82) is 0 Å². The molecular formula is C55H55N3O10S2. The second-order valence-corrected chi connectivity index (χ2v) is 18.9. The quantitative estimate of drug-likeness (QED) is 0.0200. The number of amides is 2. The van der Waals surface area contributed by atoms with Crippen LogP contribution in [-0.4, -0.2) is 82.4 Å². The van der Waals surface area contributed by atoms with Crippen LogP contribution in [0.25, 0.3) is 10.8 Å². The van der Waals surface area contributed by atoms with Crippen molar-refractivity contribution in [2.24, 2.45) is 0 Å². The van der Waals surface area contributed by atoms with Crippen molar-refractivity contribution >= 4 is 57.9 Å². The molecule has 0 spiro atoms. The summed E-state index contributed by atoms with van der Waals surface area (Å²) in [5.74, 6) is -3.13. The molecule has 0 unspecified atom stereocenters. The van der Waals surface area contributed by atoms with Crippen molar-refractivity contribution in [3.8, 4) is 5.75 Å². The molecule has 1 aliphatic rings. The molecule has 5 atom stereocenters. The average molecular weight is 982 g/mol. The average Bonchev–Trinajstić information content (AvgIpc) is 3.73. The number of aliphatic hydroxyl groups is 2. The lowest BCUT2D eigenvalue weighted by atomic mass is 9.98. The van der Waals surface area contributed by atoms with Crippen LogP contribution in [0.3, 0.4) is 0 Å². The first-order valence-electron chi connectivity index (χ1n) is 22.5. The van der Waals surface area contributed by atoms with E-state index in [0.29, 0.717) is 28.5 Å². The summed E-state index contributed by atoms with van der Waals surface area (Å²) in [7, 11) is 1.47. The van der Waals surface area contributed by atoms with Crippen molar-refractivity contribution < 1.29 is 48.3 Å².